The van der Waals surface area contributed by atoms with Crippen molar-refractivity contribution in [1.82, 2.24) is 10.6 Å². The highest BCUT2D eigenvalue weighted by molar-refractivity contribution is 8.77. The van der Waals surface area contributed by atoms with Crippen molar-refractivity contribution >= 4 is 71.2 Å². The van der Waals surface area contributed by atoms with E-state index >= 15 is 0 Å². The lowest BCUT2D eigenvalue weighted by molar-refractivity contribution is -0.122. The molecule has 0 spiro atoms. The van der Waals surface area contributed by atoms with Gasteiger partial charge in [-0.1, -0.05) is 228 Å². The molecule has 0 saturated carbocycles. The highest BCUT2D eigenvalue weighted by atomic mass is 33.1. The SMILES string of the molecule is CC.CC.CC.CC.CC.CC.CC.CC.CC.CC.CC.CC.CC.CC.CC1O[Si]2(CCCNC(=O)CCCCC(CCS(=O)(=O)O)S(=O)(=O)O)OC(C)C1O2.CC1O[Si]2(CCCNC(=O)CCCCC3CCSS3)OC(C)C1O2. The highest BCUT2D eigenvalue weighted by Crippen LogP contribution is 2.42. The van der Waals surface area contributed by atoms with E-state index in [0.29, 0.717) is 44.8 Å². The molecule has 0 aromatic rings. The van der Waals surface area contributed by atoms with E-state index in [4.69, 9.17) is 31.1 Å². The Morgan fingerprint density at radius 1 is 0.476 bits per heavy atom. The van der Waals surface area contributed by atoms with Gasteiger partial charge < -0.3 is 37.2 Å². The quantitative estimate of drug-likeness (QED) is 0.0342. The average Bonchev–Trinajstić information content (AvgIpc) is 4.37. The second-order valence-electron chi connectivity index (χ2n) is 14.8. The van der Waals surface area contributed by atoms with Crippen molar-refractivity contribution in [3.63, 3.8) is 0 Å². The average molecular weight is 1300 g/mol. The summed E-state index contributed by atoms with van der Waals surface area (Å²) in [6.45, 7) is 65.2. The lowest BCUT2D eigenvalue weighted by Crippen LogP contribution is -2.44. The van der Waals surface area contributed by atoms with Gasteiger partial charge in [0.2, 0.25) is 11.8 Å². The van der Waals surface area contributed by atoms with Gasteiger partial charge in [0.15, 0.2) is 0 Å². The van der Waals surface area contributed by atoms with Crippen molar-refractivity contribution in [3.05, 3.63) is 0 Å². The van der Waals surface area contributed by atoms with Gasteiger partial charge in [-0.2, -0.15) is 16.8 Å². The normalized spacial score (nSPS) is 23.0. The molecule has 6 unspecified atom stereocenters. The van der Waals surface area contributed by atoms with Crippen molar-refractivity contribution < 1.29 is 62.1 Å². The van der Waals surface area contributed by atoms with Gasteiger partial charge in [0, 0.05) is 49.0 Å². The molecule has 5 rings (SSSR count). The summed E-state index contributed by atoms with van der Waals surface area (Å²) in [6, 6.07) is 1.43. The van der Waals surface area contributed by atoms with E-state index in [2.05, 4.69) is 24.5 Å². The Morgan fingerprint density at radius 3 is 1.06 bits per heavy atom. The first-order valence-corrected chi connectivity index (χ1v) is 42.5. The van der Waals surface area contributed by atoms with E-state index < -0.39 is 55.3 Å². The van der Waals surface area contributed by atoms with Gasteiger partial charge in [0.1, 0.15) is 0 Å². The molecule has 6 atom stereocenters. The summed E-state index contributed by atoms with van der Waals surface area (Å²) in [5, 5.41) is 5.32. The molecule has 5 aliphatic rings. The third kappa shape index (κ3) is 55.0. The minimum atomic E-state index is -4.43. The molecule has 0 aromatic carbocycles. The molecule has 2 amide bonds. The molecule has 82 heavy (non-hydrogen) atoms. The Labute approximate surface area is 523 Å². The van der Waals surface area contributed by atoms with Crippen LogP contribution in [0, 0.1) is 0 Å². The molecule has 4 bridgehead atoms. The summed E-state index contributed by atoms with van der Waals surface area (Å²) < 4.78 is 97.6. The van der Waals surface area contributed by atoms with Crippen LogP contribution in [0.3, 0.4) is 0 Å². The summed E-state index contributed by atoms with van der Waals surface area (Å²) in [5.74, 6) is 0.521. The van der Waals surface area contributed by atoms with Gasteiger partial charge >= 0.3 is 17.6 Å². The predicted octanol–water partition coefficient (Wildman–Crippen LogP) is 18.5. The molecular formula is C60H144N2O14S4Si2. The number of rotatable bonds is 22. The Hall–Kier alpha value is -0.346. The topological polar surface area (TPSA) is 222 Å². The van der Waals surface area contributed by atoms with Crippen molar-refractivity contribution in [2.75, 3.05) is 24.6 Å². The van der Waals surface area contributed by atoms with Gasteiger partial charge in [-0.05, 0) is 79.1 Å². The Kier molecular flexibility index (Phi) is 99.6. The first-order valence-electron chi connectivity index (χ1n) is 33.2. The number of unbranched alkanes of at least 4 members (excludes halogenated alkanes) is 2. The van der Waals surface area contributed by atoms with Crippen LogP contribution in [0.2, 0.25) is 12.1 Å². The monoisotopic (exact) mass is 1300 g/mol. The van der Waals surface area contributed by atoms with Gasteiger partial charge in [-0.15, -0.1) is 0 Å². The second-order valence-corrected chi connectivity index (χ2v) is 26.0. The van der Waals surface area contributed by atoms with Crippen LogP contribution in [-0.4, -0.2) is 127 Å². The van der Waals surface area contributed by atoms with E-state index in [9.17, 15) is 31.0 Å². The Balaban J connectivity index is -0.0000000962. The van der Waals surface area contributed by atoms with E-state index in [-0.39, 0.29) is 61.3 Å². The third-order valence-corrected chi connectivity index (χ3v) is 21.3. The van der Waals surface area contributed by atoms with Gasteiger partial charge in [0.05, 0.1) is 47.6 Å². The fraction of sp³-hybridized carbons (Fsp3) is 0.967. The number of carbonyl (C=O) groups excluding carboxylic acids is 2. The third-order valence-electron chi connectivity index (χ3n) is 10.1. The standard InChI is InChI=1S/C16H31NO10S2Si.C16H29NO4S2Si.14C2H6/c1-12-16-13(2)26-30(25-12,27-16)11-5-9-17-15(18)7-4-3-6-14(29(22,23)24)8-10-28(19,20)21;1-12-16-13(2)20-24(19-12,21-16)11-5-9-17-15(18)7-4-3-6-14-8-10-22-23-14;14*1-2/h12-14,16H,3-11H2,1-2H3,(H,17,18)(H,19,20,21)(H,22,23,24);12-14,16H,3-11H2,1-2H3,(H,17,18);14*1-2H3. The van der Waals surface area contributed by atoms with Crippen molar-refractivity contribution in [1.29, 1.82) is 0 Å². The molecule has 0 aliphatic carbocycles. The van der Waals surface area contributed by atoms with E-state index in [0.717, 1.165) is 30.6 Å². The molecule has 5 heterocycles. The van der Waals surface area contributed by atoms with Crippen LogP contribution in [0.15, 0.2) is 0 Å². The fourth-order valence-corrected chi connectivity index (χ4v) is 18.6. The van der Waals surface area contributed by atoms with E-state index in [1.807, 2.05) is 229 Å². The van der Waals surface area contributed by atoms with E-state index in [1.165, 1.54) is 18.6 Å². The van der Waals surface area contributed by atoms with Crippen LogP contribution >= 0.6 is 21.6 Å². The van der Waals surface area contributed by atoms with Crippen molar-refractivity contribution in [3.8, 4) is 0 Å². The van der Waals surface area contributed by atoms with E-state index in [1.54, 1.807) is 0 Å². The minimum Gasteiger partial charge on any atom is -0.368 e. The maximum atomic E-state index is 11.9. The largest absolute Gasteiger partial charge is 0.502 e. The van der Waals surface area contributed by atoms with Crippen LogP contribution < -0.4 is 10.6 Å². The molecule has 0 aromatic heterocycles. The molecule has 5 saturated heterocycles. The number of hydrogen-bond donors (Lipinski definition) is 4. The molecule has 510 valence electrons. The van der Waals surface area contributed by atoms with Crippen LogP contribution in [0.1, 0.15) is 299 Å². The Bertz CT molecular complexity index is 1430. The van der Waals surface area contributed by atoms with Gasteiger partial charge in [-0.25, -0.2) is 0 Å². The van der Waals surface area contributed by atoms with Crippen molar-refractivity contribution in [2.45, 2.75) is 358 Å². The summed E-state index contributed by atoms with van der Waals surface area (Å²) in [4.78, 5) is 23.8. The zero-order chi connectivity index (χ0) is 67.6. The number of nitrogens with one attached hydrogen (secondary N) is 2. The van der Waals surface area contributed by atoms with Gasteiger partial charge in [-0.3, -0.25) is 18.7 Å². The van der Waals surface area contributed by atoms with Crippen LogP contribution in [0.25, 0.3) is 0 Å². The summed E-state index contributed by atoms with van der Waals surface area (Å²) in [5.41, 5.74) is 0. The number of carbonyl (C=O) groups is 2. The first-order chi connectivity index (χ1) is 39.4. The zero-order valence-electron chi connectivity index (χ0n) is 59.8. The summed E-state index contributed by atoms with van der Waals surface area (Å²) >= 11 is 0. The molecular weight excluding hydrogens is 1160 g/mol. The minimum absolute atomic E-state index is 0.000689. The molecule has 5 aliphatic heterocycles. The first kappa shape index (κ1) is 106. The number of hydrogen-bond acceptors (Lipinski definition) is 14. The smallest absolute Gasteiger partial charge is 0.368 e. The molecule has 0 radical (unpaired) electrons. The number of fused-ring (bicyclic) bond motifs is 4. The molecule has 5 fully saturated rings. The second kappa shape index (κ2) is 76.8. The van der Waals surface area contributed by atoms with Gasteiger partial charge in [0.25, 0.3) is 20.2 Å². The maximum Gasteiger partial charge on any atom is 0.502 e. The number of amides is 2. The lowest BCUT2D eigenvalue weighted by Gasteiger charge is -2.26. The Morgan fingerprint density at radius 2 is 0.793 bits per heavy atom. The van der Waals surface area contributed by atoms with Crippen LogP contribution in [0.4, 0.5) is 0 Å². The van der Waals surface area contributed by atoms with Crippen molar-refractivity contribution in [2.24, 2.45) is 0 Å². The molecule has 22 heteroatoms. The lowest BCUT2D eigenvalue weighted by atomic mass is 10.1. The maximum absolute atomic E-state index is 11.9. The zero-order valence-corrected chi connectivity index (χ0v) is 65.0. The summed E-state index contributed by atoms with van der Waals surface area (Å²) in [7, 11) is -9.78. The molecule has 16 nitrogen and oxygen atoms in total. The van der Waals surface area contributed by atoms with Crippen LogP contribution in [0.5, 0.6) is 0 Å². The fourth-order valence-electron chi connectivity index (χ4n) is 7.33. The summed E-state index contributed by atoms with van der Waals surface area (Å²) in [6.07, 6.45) is 7.80. The highest BCUT2D eigenvalue weighted by Gasteiger charge is 2.61. The van der Waals surface area contributed by atoms with Crippen LogP contribution in [-0.2, 0) is 56.4 Å². The predicted molar refractivity (Wildman–Crippen MR) is 369 cm³/mol. The molecule has 4 N–H and O–H groups in total.